The molecule has 110 valence electrons. The van der Waals surface area contributed by atoms with Crippen LogP contribution in [0.25, 0.3) is 10.2 Å². The Bertz CT molecular complexity index is 854. The van der Waals surface area contributed by atoms with Gasteiger partial charge in [0.05, 0.1) is 22.3 Å². The fourth-order valence-electron chi connectivity index (χ4n) is 2.00. The molecule has 0 fully saturated rings. The number of nitrogen functional groups attached to an aromatic ring is 1. The number of hydrogen-bond acceptors (Lipinski definition) is 6. The van der Waals surface area contributed by atoms with Gasteiger partial charge in [-0.2, -0.15) is 0 Å². The molecule has 8 heteroatoms. The highest BCUT2D eigenvalue weighted by atomic mass is 32.2. The van der Waals surface area contributed by atoms with E-state index in [2.05, 4.69) is 9.97 Å². The summed E-state index contributed by atoms with van der Waals surface area (Å²) in [5.74, 6) is 0.0699. The molecule has 6 nitrogen and oxygen atoms in total. The SMILES string of the molecule is Nc1ccc2nc(S(=O)(=O)CCCn3ccnc3)sc2c1. The first kappa shape index (κ1) is 14.0. The molecule has 3 rings (SSSR count). The number of anilines is 1. The third kappa shape index (κ3) is 3.06. The van der Waals surface area contributed by atoms with Crippen molar-refractivity contribution < 1.29 is 8.42 Å². The van der Waals surface area contributed by atoms with Crippen LogP contribution in [0, 0.1) is 0 Å². The fraction of sp³-hybridized carbons (Fsp3) is 0.231. The molecule has 0 amide bonds. The molecule has 0 aliphatic rings. The lowest BCUT2D eigenvalue weighted by atomic mass is 10.3. The van der Waals surface area contributed by atoms with Gasteiger partial charge in [0.25, 0.3) is 0 Å². The molecule has 0 spiro atoms. The maximum atomic E-state index is 12.3. The van der Waals surface area contributed by atoms with Crippen molar-refractivity contribution in [2.75, 3.05) is 11.5 Å². The first-order chi connectivity index (χ1) is 10.0. The first-order valence-corrected chi connectivity index (χ1v) is 8.86. The maximum Gasteiger partial charge on any atom is 0.210 e. The Morgan fingerprint density at radius 3 is 2.95 bits per heavy atom. The van der Waals surface area contributed by atoms with Gasteiger partial charge in [0.2, 0.25) is 14.2 Å². The summed E-state index contributed by atoms with van der Waals surface area (Å²) in [5, 5.41) is 0. The van der Waals surface area contributed by atoms with Crippen LogP contribution in [0.4, 0.5) is 5.69 Å². The number of nitrogens with two attached hydrogens (primary N) is 1. The summed E-state index contributed by atoms with van der Waals surface area (Å²) in [6, 6.07) is 5.21. The summed E-state index contributed by atoms with van der Waals surface area (Å²) in [6.45, 7) is 0.622. The van der Waals surface area contributed by atoms with Gasteiger partial charge in [-0.1, -0.05) is 0 Å². The average molecular weight is 322 g/mol. The van der Waals surface area contributed by atoms with Gasteiger partial charge >= 0.3 is 0 Å². The number of imidazole rings is 1. The quantitative estimate of drug-likeness (QED) is 0.725. The van der Waals surface area contributed by atoms with Gasteiger partial charge in [0.15, 0.2) is 0 Å². The second-order valence-corrected chi connectivity index (χ2v) is 7.99. The van der Waals surface area contributed by atoms with Gasteiger partial charge in [-0.3, -0.25) is 0 Å². The molecular weight excluding hydrogens is 308 g/mol. The van der Waals surface area contributed by atoms with E-state index in [1.807, 2.05) is 10.8 Å². The second-order valence-electron chi connectivity index (χ2n) is 4.68. The van der Waals surface area contributed by atoms with E-state index in [4.69, 9.17) is 5.73 Å². The van der Waals surface area contributed by atoms with Crippen molar-refractivity contribution >= 4 is 37.1 Å². The molecule has 0 bridgehead atoms. The fourth-order valence-corrected chi connectivity index (χ4v) is 4.69. The van der Waals surface area contributed by atoms with Crippen LogP contribution in [0.2, 0.25) is 0 Å². The largest absolute Gasteiger partial charge is 0.399 e. The monoisotopic (exact) mass is 322 g/mol. The van der Waals surface area contributed by atoms with E-state index in [-0.39, 0.29) is 10.1 Å². The third-order valence-electron chi connectivity index (χ3n) is 3.05. The third-order valence-corrected chi connectivity index (χ3v) is 6.32. The molecule has 0 unspecified atom stereocenters. The Morgan fingerprint density at radius 2 is 2.19 bits per heavy atom. The minimum absolute atomic E-state index is 0.0699. The number of fused-ring (bicyclic) bond motifs is 1. The Labute approximate surface area is 126 Å². The lowest BCUT2D eigenvalue weighted by Gasteiger charge is -2.02. The minimum atomic E-state index is -3.36. The smallest absolute Gasteiger partial charge is 0.210 e. The number of nitrogens with zero attached hydrogens (tertiary/aromatic N) is 3. The highest BCUT2D eigenvalue weighted by Gasteiger charge is 2.19. The molecule has 0 saturated heterocycles. The van der Waals surface area contributed by atoms with Crippen LogP contribution in [0.5, 0.6) is 0 Å². The Morgan fingerprint density at radius 1 is 1.33 bits per heavy atom. The maximum absolute atomic E-state index is 12.3. The van der Waals surface area contributed by atoms with E-state index in [9.17, 15) is 8.42 Å². The van der Waals surface area contributed by atoms with E-state index in [1.165, 1.54) is 11.3 Å². The summed E-state index contributed by atoms with van der Waals surface area (Å²) in [6.07, 6.45) is 5.68. The van der Waals surface area contributed by atoms with Crippen LogP contribution in [-0.4, -0.2) is 28.7 Å². The number of aryl methyl sites for hydroxylation is 1. The van der Waals surface area contributed by atoms with E-state index in [0.29, 0.717) is 24.2 Å². The Hall–Kier alpha value is -1.93. The number of hydrogen-bond donors (Lipinski definition) is 1. The van der Waals surface area contributed by atoms with Gasteiger partial charge in [-0.05, 0) is 24.6 Å². The van der Waals surface area contributed by atoms with Crippen LogP contribution in [0.15, 0.2) is 41.3 Å². The molecule has 21 heavy (non-hydrogen) atoms. The van der Waals surface area contributed by atoms with Crippen molar-refractivity contribution in [3.63, 3.8) is 0 Å². The predicted molar refractivity (Wildman–Crippen MR) is 82.9 cm³/mol. The molecule has 0 radical (unpaired) electrons. The van der Waals surface area contributed by atoms with Crippen molar-refractivity contribution in [1.29, 1.82) is 0 Å². The molecule has 2 N–H and O–H groups in total. The zero-order valence-electron chi connectivity index (χ0n) is 11.1. The Kier molecular flexibility index (Phi) is 3.64. The minimum Gasteiger partial charge on any atom is -0.399 e. The van der Waals surface area contributed by atoms with E-state index in [0.717, 1.165) is 4.70 Å². The molecule has 0 aliphatic heterocycles. The zero-order chi connectivity index (χ0) is 14.9. The molecule has 2 heterocycles. The highest BCUT2D eigenvalue weighted by molar-refractivity contribution is 7.93. The summed E-state index contributed by atoms with van der Waals surface area (Å²) in [4.78, 5) is 8.12. The van der Waals surface area contributed by atoms with Crippen molar-refractivity contribution in [3.8, 4) is 0 Å². The predicted octanol–water partition coefficient (Wildman–Crippen LogP) is 1.94. The van der Waals surface area contributed by atoms with Crippen molar-refractivity contribution in [1.82, 2.24) is 14.5 Å². The number of rotatable bonds is 5. The topological polar surface area (TPSA) is 90.9 Å². The number of benzene rings is 1. The number of thiazole rings is 1. The molecule has 3 aromatic rings. The van der Waals surface area contributed by atoms with Gasteiger partial charge in [-0.15, -0.1) is 11.3 Å². The molecule has 2 aromatic heterocycles. The van der Waals surface area contributed by atoms with Crippen molar-refractivity contribution in [2.45, 2.75) is 17.3 Å². The van der Waals surface area contributed by atoms with Gasteiger partial charge in [-0.25, -0.2) is 18.4 Å². The Balaban J connectivity index is 1.76. The van der Waals surface area contributed by atoms with Crippen LogP contribution in [0.3, 0.4) is 0 Å². The molecule has 0 saturated carbocycles. The molecule has 0 aliphatic carbocycles. The van der Waals surface area contributed by atoms with Crippen molar-refractivity contribution in [2.24, 2.45) is 0 Å². The summed E-state index contributed by atoms with van der Waals surface area (Å²) >= 11 is 1.17. The van der Waals surface area contributed by atoms with Gasteiger partial charge in [0, 0.05) is 24.6 Å². The molecule has 0 atom stereocenters. The van der Waals surface area contributed by atoms with E-state index >= 15 is 0 Å². The van der Waals surface area contributed by atoms with Gasteiger partial charge in [0.1, 0.15) is 0 Å². The lowest BCUT2D eigenvalue weighted by Crippen LogP contribution is -2.09. The van der Waals surface area contributed by atoms with Crippen LogP contribution < -0.4 is 5.73 Å². The normalized spacial score (nSPS) is 12.0. The van der Waals surface area contributed by atoms with Crippen LogP contribution in [-0.2, 0) is 16.4 Å². The summed E-state index contributed by atoms with van der Waals surface area (Å²) < 4.78 is 27.4. The standard InChI is InChI=1S/C13H14N4O2S2/c14-10-2-3-11-12(8-10)20-13(16-11)21(18,19)7-1-5-17-6-4-15-9-17/h2-4,6,8-9H,1,5,7,14H2. The van der Waals surface area contributed by atoms with Gasteiger partial charge < -0.3 is 10.3 Å². The number of aromatic nitrogens is 3. The lowest BCUT2D eigenvalue weighted by molar-refractivity contribution is 0.586. The first-order valence-electron chi connectivity index (χ1n) is 6.39. The van der Waals surface area contributed by atoms with E-state index < -0.39 is 9.84 Å². The average Bonchev–Trinajstić information content (AvgIpc) is 3.06. The molecule has 1 aromatic carbocycles. The zero-order valence-corrected chi connectivity index (χ0v) is 12.8. The molecular formula is C13H14N4O2S2. The van der Waals surface area contributed by atoms with Crippen LogP contribution in [0.1, 0.15) is 6.42 Å². The summed E-state index contributed by atoms with van der Waals surface area (Å²) in [5.41, 5.74) is 6.97. The van der Waals surface area contributed by atoms with E-state index in [1.54, 1.807) is 30.7 Å². The van der Waals surface area contributed by atoms with Crippen LogP contribution >= 0.6 is 11.3 Å². The highest BCUT2D eigenvalue weighted by Crippen LogP contribution is 2.27. The summed E-state index contributed by atoms with van der Waals surface area (Å²) in [7, 11) is -3.36. The number of sulfone groups is 1. The van der Waals surface area contributed by atoms with Crippen molar-refractivity contribution in [3.05, 3.63) is 36.9 Å². The second kappa shape index (κ2) is 5.45.